The van der Waals surface area contributed by atoms with E-state index in [0.29, 0.717) is 0 Å². The molecule has 0 saturated heterocycles. The average molecular weight is 334 g/mol. The van der Waals surface area contributed by atoms with Crippen LogP contribution in [0.5, 0.6) is 0 Å². The molecule has 3 aromatic rings. The van der Waals surface area contributed by atoms with E-state index in [4.69, 9.17) is 4.98 Å². The Morgan fingerprint density at radius 3 is 2.54 bits per heavy atom. The van der Waals surface area contributed by atoms with Crippen molar-refractivity contribution in [1.29, 1.82) is 0 Å². The molecule has 0 aliphatic carbocycles. The van der Waals surface area contributed by atoms with Crippen LogP contribution in [0.4, 0.5) is 5.13 Å². The van der Waals surface area contributed by atoms with Crippen LogP contribution in [0.2, 0.25) is 0 Å². The van der Waals surface area contributed by atoms with Gasteiger partial charge in [0.05, 0.1) is 11.7 Å². The highest BCUT2D eigenvalue weighted by atomic mass is 32.1. The number of hydrogen-bond donors (Lipinski definition) is 1. The van der Waals surface area contributed by atoms with Gasteiger partial charge in [-0.05, 0) is 11.1 Å². The van der Waals surface area contributed by atoms with E-state index in [2.05, 4.69) is 47.2 Å². The SMILES string of the molecule is C=C(O)C1Cc2ccccc2CN1c1nc(-c2ccccc2)cs1. The first-order valence-corrected chi connectivity index (χ1v) is 8.82. The quantitative estimate of drug-likeness (QED) is 0.698. The fourth-order valence-electron chi connectivity index (χ4n) is 3.16. The van der Waals surface area contributed by atoms with Crippen LogP contribution >= 0.6 is 11.3 Å². The van der Waals surface area contributed by atoms with Gasteiger partial charge in [-0.2, -0.15) is 0 Å². The smallest absolute Gasteiger partial charge is 0.186 e. The molecule has 2 heterocycles. The highest BCUT2D eigenvalue weighted by Crippen LogP contribution is 2.34. The monoisotopic (exact) mass is 334 g/mol. The lowest BCUT2D eigenvalue weighted by atomic mass is 9.93. The first kappa shape index (κ1) is 15.0. The predicted molar refractivity (Wildman–Crippen MR) is 99.4 cm³/mol. The van der Waals surface area contributed by atoms with E-state index < -0.39 is 0 Å². The van der Waals surface area contributed by atoms with Crippen LogP contribution in [0.1, 0.15) is 11.1 Å². The van der Waals surface area contributed by atoms with Crippen molar-refractivity contribution < 1.29 is 5.11 Å². The number of nitrogens with zero attached hydrogens (tertiary/aromatic N) is 2. The van der Waals surface area contributed by atoms with E-state index >= 15 is 0 Å². The lowest BCUT2D eigenvalue weighted by molar-refractivity contribution is 0.353. The molecular formula is C20H18N2OS. The Morgan fingerprint density at radius 2 is 1.79 bits per heavy atom. The first-order chi connectivity index (χ1) is 11.7. The minimum atomic E-state index is -0.130. The molecule has 4 rings (SSSR count). The zero-order chi connectivity index (χ0) is 16.5. The van der Waals surface area contributed by atoms with Crippen molar-refractivity contribution >= 4 is 16.5 Å². The molecule has 24 heavy (non-hydrogen) atoms. The van der Waals surface area contributed by atoms with Crippen LogP contribution in [0.15, 0.2) is 72.3 Å². The summed E-state index contributed by atoms with van der Waals surface area (Å²) in [5.41, 5.74) is 4.63. The van der Waals surface area contributed by atoms with Crippen molar-refractivity contribution in [3.8, 4) is 11.3 Å². The molecule has 0 bridgehead atoms. The number of fused-ring (bicyclic) bond motifs is 1. The highest BCUT2D eigenvalue weighted by molar-refractivity contribution is 7.14. The fourth-order valence-corrected chi connectivity index (χ4v) is 4.04. The molecule has 0 spiro atoms. The van der Waals surface area contributed by atoms with Crippen LogP contribution in [0, 0.1) is 0 Å². The molecule has 1 aromatic heterocycles. The summed E-state index contributed by atoms with van der Waals surface area (Å²) in [6.45, 7) is 4.52. The van der Waals surface area contributed by atoms with Gasteiger partial charge in [-0.25, -0.2) is 4.98 Å². The van der Waals surface area contributed by atoms with E-state index in [1.807, 2.05) is 24.3 Å². The van der Waals surface area contributed by atoms with Crippen molar-refractivity contribution in [2.24, 2.45) is 0 Å². The molecule has 0 radical (unpaired) electrons. The molecule has 1 N–H and O–H groups in total. The summed E-state index contributed by atoms with van der Waals surface area (Å²) >= 11 is 1.61. The van der Waals surface area contributed by atoms with Crippen molar-refractivity contribution in [2.75, 3.05) is 4.90 Å². The zero-order valence-corrected chi connectivity index (χ0v) is 14.0. The van der Waals surface area contributed by atoms with Crippen LogP contribution in [-0.2, 0) is 13.0 Å². The summed E-state index contributed by atoms with van der Waals surface area (Å²) in [6.07, 6.45) is 0.756. The number of benzene rings is 2. The van der Waals surface area contributed by atoms with Crippen LogP contribution in [-0.4, -0.2) is 16.1 Å². The Balaban J connectivity index is 1.70. The van der Waals surface area contributed by atoms with Gasteiger partial charge in [0.25, 0.3) is 0 Å². The lowest BCUT2D eigenvalue weighted by Gasteiger charge is -2.36. The molecule has 4 heteroatoms. The summed E-state index contributed by atoms with van der Waals surface area (Å²) in [7, 11) is 0. The Bertz CT molecular complexity index is 872. The normalized spacial score (nSPS) is 16.7. The predicted octanol–water partition coefficient (Wildman–Crippen LogP) is 4.81. The minimum Gasteiger partial charge on any atom is -0.511 e. The van der Waals surface area contributed by atoms with Crippen molar-refractivity contribution in [3.63, 3.8) is 0 Å². The van der Waals surface area contributed by atoms with Crippen LogP contribution in [0.3, 0.4) is 0 Å². The summed E-state index contributed by atoms with van der Waals surface area (Å²) in [5, 5.41) is 13.1. The lowest BCUT2D eigenvalue weighted by Crippen LogP contribution is -2.41. The summed E-state index contributed by atoms with van der Waals surface area (Å²) in [4.78, 5) is 6.96. The number of hydrogen-bond acceptors (Lipinski definition) is 4. The third-order valence-corrected chi connectivity index (χ3v) is 5.32. The van der Waals surface area contributed by atoms with E-state index in [0.717, 1.165) is 29.4 Å². The third-order valence-electron chi connectivity index (χ3n) is 4.44. The largest absolute Gasteiger partial charge is 0.511 e. The van der Waals surface area contributed by atoms with E-state index in [1.54, 1.807) is 11.3 Å². The molecule has 1 atom stereocenters. The second-order valence-electron chi connectivity index (χ2n) is 5.99. The van der Waals surface area contributed by atoms with Crippen LogP contribution < -0.4 is 4.90 Å². The molecule has 1 aliphatic heterocycles. The number of anilines is 1. The molecule has 0 amide bonds. The molecule has 3 nitrogen and oxygen atoms in total. The maximum absolute atomic E-state index is 10.1. The zero-order valence-electron chi connectivity index (χ0n) is 13.2. The summed E-state index contributed by atoms with van der Waals surface area (Å²) in [5.74, 6) is 0.195. The molecule has 0 fully saturated rings. The van der Waals surface area contributed by atoms with Gasteiger partial charge in [0.2, 0.25) is 0 Å². The fraction of sp³-hybridized carbons (Fsp3) is 0.150. The Hall–Kier alpha value is -2.59. The third kappa shape index (κ3) is 2.69. The molecule has 120 valence electrons. The van der Waals surface area contributed by atoms with Crippen LogP contribution in [0.25, 0.3) is 11.3 Å². The maximum atomic E-state index is 10.1. The van der Waals surface area contributed by atoms with Gasteiger partial charge in [0.1, 0.15) is 5.76 Å². The number of thiazole rings is 1. The van der Waals surface area contributed by atoms with E-state index in [1.165, 1.54) is 11.1 Å². The Morgan fingerprint density at radius 1 is 1.08 bits per heavy atom. The Labute approximate surface area is 145 Å². The first-order valence-electron chi connectivity index (χ1n) is 7.94. The molecular weight excluding hydrogens is 316 g/mol. The number of aliphatic hydroxyl groups is 1. The van der Waals surface area contributed by atoms with Gasteiger partial charge in [-0.1, -0.05) is 61.2 Å². The van der Waals surface area contributed by atoms with Gasteiger partial charge < -0.3 is 10.0 Å². The number of rotatable bonds is 3. The van der Waals surface area contributed by atoms with Gasteiger partial charge in [0.15, 0.2) is 5.13 Å². The Kier molecular flexibility index (Phi) is 3.82. The van der Waals surface area contributed by atoms with Gasteiger partial charge >= 0.3 is 0 Å². The second-order valence-corrected chi connectivity index (χ2v) is 6.83. The minimum absolute atomic E-state index is 0.130. The second kappa shape index (κ2) is 6.13. The van der Waals surface area contributed by atoms with E-state index in [9.17, 15) is 5.11 Å². The maximum Gasteiger partial charge on any atom is 0.186 e. The standard InChI is InChI=1S/C20H18N2OS/c1-14(23)19-11-16-9-5-6-10-17(16)12-22(19)20-21-18(13-24-20)15-7-3-2-4-8-15/h2-10,13,19,23H,1,11-12H2. The average Bonchev–Trinajstić information content (AvgIpc) is 3.11. The molecule has 1 aliphatic rings. The summed E-state index contributed by atoms with van der Waals surface area (Å²) < 4.78 is 0. The van der Waals surface area contributed by atoms with Gasteiger partial charge in [-0.15, -0.1) is 11.3 Å². The van der Waals surface area contributed by atoms with Crippen molar-refractivity contribution in [1.82, 2.24) is 4.98 Å². The summed E-state index contributed by atoms with van der Waals surface area (Å²) in [6, 6.07) is 18.4. The molecule has 2 aromatic carbocycles. The number of aliphatic hydroxyl groups excluding tert-OH is 1. The van der Waals surface area contributed by atoms with Gasteiger partial charge in [0, 0.05) is 23.9 Å². The van der Waals surface area contributed by atoms with Crippen molar-refractivity contribution in [3.05, 3.63) is 83.4 Å². The molecule has 0 saturated carbocycles. The van der Waals surface area contributed by atoms with Crippen molar-refractivity contribution in [2.45, 2.75) is 19.0 Å². The van der Waals surface area contributed by atoms with Gasteiger partial charge in [-0.3, -0.25) is 0 Å². The topological polar surface area (TPSA) is 36.4 Å². The van der Waals surface area contributed by atoms with E-state index in [-0.39, 0.29) is 11.8 Å². The molecule has 1 unspecified atom stereocenters. The number of aromatic nitrogens is 1. The highest BCUT2D eigenvalue weighted by Gasteiger charge is 2.30.